The van der Waals surface area contributed by atoms with E-state index in [4.69, 9.17) is 39.8 Å². The molecule has 6 aromatic rings. The molecule has 1 aliphatic heterocycles. The Kier molecular flexibility index (Phi) is 10.6. The van der Waals surface area contributed by atoms with Crippen LogP contribution in [0.15, 0.2) is 91.3 Å². The molecule has 3 N–H and O–H groups in total. The van der Waals surface area contributed by atoms with Gasteiger partial charge in [0.1, 0.15) is 5.69 Å². The van der Waals surface area contributed by atoms with Gasteiger partial charge in [-0.15, -0.1) is 0 Å². The number of amides is 1. The van der Waals surface area contributed by atoms with Crippen molar-refractivity contribution in [3.8, 4) is 22.5 Å². The summed E-state index contributed by atoms with van der Waals surface area (Å²) in [4.78, 5) is 40.1. The number of anilines is 2. The van der Waals surface area contributed by atoms with Crippen molar-refractivity contribution in [3.63, 3.8) is 0 Å². The van der Waals surface area contributed by atoms with Crippen LogP contribution in [0.2, 0.25) is 15.1 Å². The fourth-order valence-corrected chi connectivity index (χ4v) is 8.98. The van der Waals surface area contributed by atoms with E-state index in [0.29, 0.717) is 43.2 Å². The van der Waals surface area contributed by atoms with E-state index in [1.807, 2.05) is 54.0 Å². The first-order valence-electron chi connectivity index (χ1n) is 18.7. The van der Waals surface area contributed by atoms with Gasteiger partial charge < -0.3 is 24.9 Å². The minimum Gasteiger partial charge on any atom is -0.478 e. The second kappa shape index (κ2) is 15.7. The highest BCUT2D eigenvalue weighted by Crippen LogP contribution is 2.43. The number of carboxylic acids is 1. The number of aromatic carboxylic acids is 1. The molecule has 1 unspecified atom stereocenters. The minimum atomic E-state index is -1.07. The summed E-state index contributed by atoms with van der Waals surface area (Å²) in [6.45, 7) is 6.48. The number of imidazole rings is 1. The highest BCUT2D eigenvalue weighted by atomic mass is 35.5. The molecule has 2 aromatic heterocycles. The maximum atomic E-state index is 14.8. The molecule has 9 nitrogen and oxygen atoms in total. The van der Waals surface area contributed by atoms with E-state index in [-0.39, 0.29) is 17.3 Å². The van der Waals surface area contributed by atoms with Crippen molar-refractivity contribution in [2.45, 2.75) is 38.6 Å². The number of H-pyrrole nitrogens is 1. The maximum absolute atomic E-state index is 14.8. The first kappa shape index (κ1) is 37.1. The summed E-state index contributed by atoms with van der Waals surface area (Å²) >= 11 is 19.6. The summed E-state index contributed by atoms with van der Waals surface area (Å²) in [5.74, 6) is -0.743. The lowest BCUT2D eigenvalue weighted by atomic mass is 9.99. The van der Waals surface area contributed by atoms with Gasteiger partial charge in [-0.05, 0) is 73.7 Å². The number of carbonyl (C=O) groups excluding carboxylic acids is 1. The number of nitrogens with zero attached hydrogens (tertiary/aromatic N) is 4. The van der Waals surface area contributed by atoms with E-state index in [2.05, 4.69) is 20.1 Å². The van der Waals surface area contributed by atoms with Crippen molar-refractivity contribution >= 4 is 69.0 Å². The lowest BCUT2D eigenvalue weighted by Gasteiger charge is -2.38. The van der Waals surface area contributed by atoms with Crippen molar-refractivity contribution in [1.29, 1.82) is 0 Å². The maximum Gasteiger partial charge on any atom is 0.335 e. The normalized spacial score (nSPS) is 15.8. The average Bonchev–Trinajstić information content (AvgIpc) is 3.94. The zero-order chi connectivity index (χ0) is 38.2. The van der Waals surface area contributed by atoms with E-state index in [1.165, 1.54) is 25.7 Å². The van der Waals surface area contributed by atoms with Crippen molar-refractivity contribution in [2.75, 3.05) is 42.9 Å². The molecule has 1 saturated carbocycles. The number of fused-ring (bicyclic) bond motifs is 1. The first-order valence-corrected chi connectivity index (χ1v) is 19.8. The number of hydrogen-bond acceptors (Lipinski definition) is 5. The van der Waals surface area contributed by atoms with Crippen LogP contribution in [0.25, 0.3) is 33.4 Å². The van der Waals surface area contributed by atoms with Gasteiger partial charge >= 0.3 is 5.97 Å². The second-order valence-electron chi connectivity index (χ2n) is 14.6. The molecule has 1 amide bonds. The Hall–Kier alpha value is -4.80. The van der Waals surface area contributed by atoms with E-state index in [0.717, 1.165) is 60.8 Å². The Bertz CT molecular complexity index is 2380. The van der Waals surface area contributed by atoms with Gasteiger partial charge in [-0.1, -0.05) is 90.1 Å². The number of aromatic nitrogens is 3. The fraction of sp³-hybridized carbons (Fsp3) is 0.279. The third kappa shape index (κ3) is 7.59. The highest BCUT2D eigenvalue weighted by molar-refractivity contribution is 6.35. The molecule has 1 atom stereocenters. The molecule has 2 fully saturated rings. The van der Waals surface area contributed by atoms with Crippen LogP contribution in [0.3, 0.4) is 0 Å². The Labute approximate surface area is 334 Å². The second-order valence-corrected chi connectivity index (χ2v) is 15.8. The van der Waals surface area contributed by atoms with Gasteiger partial charge in [0.05, 0.1) is 40.7 Å². The van der Waals surface area contributed by atoms with Gasteiger partial charge in [0, 0.05) is 69.8 Å². The topological polar surface area (TPSA) is 106 Å². The van der Waals surface area contributed by atoms with Crippen molar-refractivity contribution in [2.24, 2.45) is 5.92 Å². The van der Waals surface area contributed by atoms with E-state index >= 15 is 0 Å². The van der Waals surface area contributed by atoms with Crippen LogP contribution in [-0.2, 0) is 0 Å². The number of carboxylic acid groups (broad SMARTS) is 1. The van der Waals surface area contributed by atoms with Crippen LogP contribution in [-0.4, -0.2) is 69.1 Å². The van der Waals surface area contributed by atoms with Gasteiger partial charge in [0.15, 0.2) is 0 Å². The molecular formula is C43H41Cl3N6O3. The summed E-state index contributed by atoms with van der Waals surface area (Å²) in [5, 5.41) is 15.4. The largest absolute Gasteiger partial charge is 0.478 e. The molecule has 55 heavy (non-hydrogen) atoms. The third-order valence-electron chi connectivity index (χ3n) is 11.1. The van der Waals surface area contributed by atoms with Crippen LogP contribution in [0.1, 0.15) is 65.1 Å². The molecule has 0 spiro atoms. The Morgan fingerprint density at radius 2 is 1.64 bits per heavy atom. The lowest BCUT2D eigenvalue weighted by molar-refractivity contribution is 0.0696. The lowest BCUT2D eigenvalue weighted by Crippen LogP contribution is -2.47. The third-order valence-corrected chi connectivity index (χ3v) is 11.9. The number of piperazine rings is 1. The molecule has 12 heteroatoms. The van der Waals surface area contributed by atoms with Gasteiger partial charge in [-0.3, -0.25) is 9.69 Å². The first-order chi connectivity index (χ1) is 26.6. The number of aromatic amines is 1. The quantitative estimate of drug-likeness (QED) is 0.127. The average molecular weight is 796 g/mol. The Morgan fingerprint density at radius 1 is 0.909 bits per heavy atom. The molecule has 1 saturated heterocycles. The van der Waals surface area contributed by atoms with Crippen molar-refractivity contribution < 1.29 is 14.7 Å². The zero-order valence-corrected chi connectivity index (χ0v) is 32.6. The van der Waals surface area contributed by atoms with Crippen LogP contribution in [0, 0.1) is 5.92 Å². The van der Waals surface area contributed by atoms with Crippen LogP contribution < -0.4 is 10.2 Å². The minimum absolute atomic E-state index is 0.0840. The molecule has 0 radical (unpaired) electrons. The summed E-state index contributed by atoms with van der Waals surface area (Å²) in [6.07, 6.45) is 7.01. The molecule has 3 heterocycles. The number of hydrogen-bond donors (Lipinski definition) is 3. The van der Waals surface area contributed by atoms with Gasteiger partial charge in [0.2, 0.25) is 0 Å². The number of halogens is 3. The number of nitrogens with one attached hydrogen (secondary N) is 2. The van der Waals surface area contributed by atoms with E-state index in [1.54, 1.807) is 48.8 Å². The van der Waals surface area contributed by atoms with Gasteiger partial charge in [-0.2, -0.15) is 0 Å². The molecule has 282 valence electrons. The number of benzene rings is 4. The van der Waals surface area contributed by atoms with E-state index < -0.39 is 11.9 Å². The van der Waals surface area contributed by atoms with E-state index in [9.17, 15) is 14.7 Å². The Morgan fingerprint density at radius 3 is 2.36 bits per heavy atom. The summed E-state index contributed by atoms with van der Waals surface area (Å²) in [6, 6.07) is 25.4. The smallest absolute Gasteiger partial charge is 0.335 e. The summed E-state index contributed by atoms with van der Waals surface area (Å²) in [7, 11) is 0. The van der Waals surface area contributed by atoms with Gasteiger partial charge in [0.25, 0.3) is 5.91 Å². The standard InChI is InChI=1S/C43H41Cl3N6O3/c1-26(32-14-12-30(44)22-34(32)46)52-25-47-39(28-9-3-2-4-10-28)41(52)38-33-15-13-31(45)23-35(33)48-40(38)42(53)49-36-21-29(43(54)55)11-16-37(36)51-19-17-50(18-20-51)24-27-7-5-6-8-27/h2-4,9-16,21-23,25-27,48H,5-8,17-20,24H2,1H3,(H,49,53)(H,54,55). The van der Waals surface area contributed by atoms with Crippen molar-refractivity contribution in [3.05, 3.63) is 123 Å². The molecule has 2 aliphatic rings. The number of carbonyl (C=O) groups is 2. The predicted molar refractivity (Wildman–Crippen MR) is 222 cm³/mol. The molecule has 4 aromatic carbocycles. The van der Waals surface area contributed by atoms with Crippen LogP contribution in [0.5, 0.6) is 0 Å². The molecule has 8 rings (SSSR count). The highest BCUT2D eigenvalue weighted by Gasteiger charge is 2.30. The summed E-state index contributed by atoms with van der Waals surface area (Å²) in [5.41, 5.74) is 5.91. The fourth-order valence-electron chi connectivity index (χ4n) is 8.24. The SMILES string of the molecule is CC(c1ccc(Cl)cc1Cl)n1cnc(-c2ccccc2)c1-c1c(C(=O)Nc2cc(C(=O)O)ccc2N2CCN(CC3CCCC3)CC2)[nH]c2cc(Cl)ccc12. The molecular weight excluding hydrogens is 755 g/mol. The molecule has 0 bridgehead atoms. The van der Waals surface area contributed by atoms with Crippen molar-refractivity contribution in [1.82, 2.24) is 19.4 Å². The van der Waals surface area contributed by atoms with Gasteiger partial charge in [-0.25, -0.2) is 9.78 Å². The van der Waals surface area contributed by atoms with Crippen LogP contribution in [0.4, 0.5) is 11.4 Å². The summed E-state index contributed by atoms with van der Waals surface area (Å²) < 4.78 is 2.02. The zero-order valence-electron chi connectivity index (χ0n) is 30.4. The monoisotopic (exact) mass is 794 g/mol. The van der Waals surface area contributed by atoms with Crippen LogP contribution >= 0.6 is 34.8 Å². The molecule has 1 aliphatic carbocycles. The number of rotatable bonds is 10. The Balaban J connectivity index is 1.22. The predicted octanol–water partition coefficient (Wildman–Crippen LogP) is 10.5.